The molecule has 0 spiro atoms. The molecule has 2 heterocycles. The lowest BCUT2D eigenvalue weighted by Crippen LogP contribution is -2.16. The highest BCUT2D eigenvalue weighted by Gasteiger charge is 2.20. The Kier molecular flexibility index (Phi) is 5.62. The standard InChI is InChI=1S/C21H19N3O5S/c1-13(25)16-9-18-19(29-12-28-18)10-17(16)23-20(26)11-30-21-22-6-7-24(21)14-4-3-5-15(8-14)27-2/h3-10H,11-12H2,1-2H3,(H,23,26). The van der Waals surface area contributed by atoms with Crippen molar-refractivity contribution in [2.24, 2.45) is 0 Å². The van der Waals surface area contributed by atoms with Crippen LogP contribution >= 0.6 is 11.8 Å². The van der Waals surface area contributed by atoms with Gasteiger partial charge in [0.1, 0.15) is 5.75 Å². The number of nitrogens with zero attached hydrogens (tertiary/aromatic N) is 2. The van der Waals surface area contributed by atoms with Crippen molar-refractivity contribution in [3.8, 4) is 22.9 Å². The molecule has 1 aromatic heterocycles. The summed E-state index contributed by atoms with van der Waals surface area (Å²) in [4.78, 5) is 28.9. The zero-order valence-corrected chi connectivity index (χ0v) is 17.2. The molecule has 2 aromatic carbocycles. The van der Waals surface area contributed by atoms with Crippen molar-refractivity contribution in [3.63, 3.8) is 0 Å². The van der Waals surface area contributed by atoms with E-state index >= 15 is 0 Å². The SMILES string of the molecule is COc1cccc(-n2ccnc2SCC(=O)Nc2cc3c(cc2C(C)=O)OCO3)c1. The van der Waals surface area contributed by atoms with Crippen molar-refractivity contribution in [1.29, 1.82) is 0 Å². The van der Waals surface area contributed by atoms with E-state index < -0.39 is 0 Å². The predicted octanol–water partition coefficient (Wildman–Crippen LogP) is 3.54. The Balaban J connectivity index is 1.47. The molecule has 1 N–H and O–H groups in total. The van der Waals surface area contributed by atoms with Crippen molar-refractivity contribution in [2.45, 2.75) is 12.1 Å². The van der Waals surface area contributed by atoms with E-state index in [1.165, 1.54) is 18.7 Å². The number of carbonyl (C=O) groups excluding carboxylic acids is 2. The first-order chi connectivity index (χ1) is 14.5. The van der Waals surface area contributed by atoms with E-state index in [4.69, 9.17) is 14.2 Å². The van der Waals surface area contributed by atoms with Gasteiger partial charge >= 0.3 is 0 Å². The molecular weight excluding hydrogens is 406 g/mol. The minimum atomic E-state index is -0.262. The van der Waals surface area contributed by atoms with Crippen LogP contribution in [0.5, 0.6) is 17.2 Å². The summed E-state index contributed by atoms with van der Waals surface area (Å²) in [5, 5.41) is 3.45. The van der Waals surface area contributed by atoms with Gasteiger partial charge in [-0.05, 0) is 25.1 Å². The molecule has 0 fully saturated rings. The summed E-state index contributed by atoms with van der Waals surface area (Å²) in [5.41, 5.74) is 1.65. The maximum atomic E-state index is 12.6. The van der Waals surface area contributed by atoms with Crippen LogP contribution in [0, 0.1) is 0 Å². The second kappa shape index (κ2) is 8.50. The number of hydrogen-bond acceptors (Lipinski definition) is 7. The number of benzene rings is 2. The average Bonchev–Trinajstić information content (AvgIpc) is 3.40. The predicted molar refractivity (Wildman–Crippen MR) is 112 cm³/mol. The minimum absolute atomic E-state index is 0.0901. The van der Waals surface area contributed by atoms with Gasteiger partial charge in [-0.3, -0.25) is 14.2 Å². The first-order valence-electron chi connectivity index (χ1n) is 9.10. The van der Waals surface area contributed by atoms with Crippen LogP contribution in [-0.4, -0.2) is 40.9 Å². The summed E-state index contributed by atoms with van der Waals surface area (Å²) in [7, 11) is 1.61. The Morgan fingerprint density at radius 2 is 2.03 bits per heavy atom. The molecular formula is C21H19N3O5S. The van der Waals surface area contributed by atoms with Crippen LogP contribution in [0.1, 0.15) is 17.3 Å². The third kappa shape index (κ3) is 4.11. The summed E-state index contributed by atoms with van der Waals surface area (Å²) in [6.07, 6.45) is 3.49. The van der Waals surface area contributed by atoms with E-state index in [0.717, 1.165) is 11.4 Å². The lowest BCUT2D eigenvalue weighted by Gasteiger charge is -2.11. The van der Waals surface area contributed by atoms with Crippen LogP contribution in [-0.2, 0) is 4.79 Å². The molecule has 0 radical (unpaired) electrons. The van der Waals surface area contributed by atoms with Gasteiger partial charge in [0.15, 0.2) is 22.4 Å². The van der Waals surface area contributed by atoms with E-state index in [0.29, 0.717) is 27.9 Å². The number of ether oxygens (including phenoxy) is 3. The largest absolute Gasteiger partial charge is 0.497 e. The van der Waals surface area contributed by atoms with Gasteiger partial charge in [-0.1, -0.05) is 17.8 Å². The highest BCUT2D eigenvalue weighted by atomic mass is 32.2. The van der Waals surface area contributed by atoms with E-state index in [1.807, 2.05) is 35.0 Å². The fourth-order valence-electron chi connectivity index (χ4n) is 3.01. The van der Waals surface area contributed by atoms with Gasteiger partial charge in [0.05, 0.1) is 24.2 Å². The van der Waals surface area contributed by atoms with Gasteiger partial charge in [-0.15, -0.1) is 0 Å². The smallest absolute Gasteiger partial charge is 0.234 e. The Bertz CT molecular complexity index is 1110. The number of fused-ring (bicyclic) bond motifs is 1. The number of imidazole rings is 1. The van der Waals surface area contributed by atoms with E-state index in [2.05, 4.69) is 10.3 Å². The molecule has 8 nitrogen and oxygen atoms in total. The van der Waals surface area contributed by atoms with Gasteiger partial charge in [0.2, 0.25) is 12.7 Å². The summed E-state index contributed by atoms with van der Waals surface area (Å²) in [6.45, 7) is 1.53. The molecule has 0 saturated carbocycles. The highest BCUT2D eigenvalue weighted by Crippen LogP contribution is 2.37. The molecule has 1 aliphatic rings. The molecule has 0 atom stereocenters. The normalized spacial score (nSPS) is 11.9. The van der Waals surface area contributed by atoms with Crippen LogP contribution in [0.25, 0.3) is 5.69 Å². The van der Waals surface area contributed by atoms with Crippen LogP contribution in [0.2, 0.25) is 0 Å². The quantitative estimate of drug-likeness (QED) is 0.457. The number of aromatic nitrogens is 2. The second-order valence-electron chi connectivity index (χ2n) is 6.43. The van der Waals surface area contributed by atoms with E-state index in [1.54, 1.807) is 25.4 Å². The first-order valence-corrected chi connectivity index (χ1v) is 10.1. The molecule has 30 heavy (non-hydrogen) atoms. The highest BCUT2D eigenvalue weighted by molar-refractivity contribution is 7.99. The summed E-state index contributed by atoms with van der Waals surface area (Å²) in [6, 6.07) is 10.8. The van der Waals surface area contributed by atoms with E-state index in [9.17, 15) is 9.59 Å². The number of methoxy groups -OCH3 is 1. The van der Waals surface area contributed by atoms with E-state index in [-0.39, 0.29) is 24.2 Å². The van der Waals surface area contributed by atoms with Gasteiger partial charge in [-0.25, -0.2) is 4.98 Å². The van der Waals surface area contributed by atoms with Crippen molar-refractivity contribution in [3.05, 3.63) is 54.4 Å². The number of ketones is 1. The Labute approximate surface area is 177 Å². The van der Waals surface area contributed by atoms with Gasteiger partial charge in [0, 0.05) is 30.1 Å². The molecule has 154 valence electrons. The van der Waals surface area contributed by atoms with Crippen molar-refractivity contribution < 1.29 is 23.8 Å². The van der Waals surface area contributed by atoms with Crippen molar-refractivity contribution in [1.82, 2.24) is 9.55 Å². The maximum Gasteiger partial charge on any atom is 0.234 e. The molecule has 0 bridgehead atoms. The Morgan fingerprint density at radius 1 is 1.23 bits per heavy atom. The summed E-state index contributed by atoms with van der Waals surface area (Å²) in [5.74, 6) is 1.40. The zero-order valence-electron chi connectivity index (χ0n) is 16.4. The third-order valence-electron chi connectivity index (χ3n) is 4.44. The molecule has 1 aliphatic heterocycles. The third-order valence-corrected chi connectivity index (χ3v) is 5.40. The zero-order chi connectivity index (χ0) is 21.1. The topological polar surface area (TPSA) is 91.7 Å². The fourth-order valence-corrected chi connectivity index (χ4v) is 3.78. The average molecular weight is 425 g/mol. The first kappa shape index (κ1) is 19.8. The Morgan fingerprint density at radius 3 is 2.80 bits per heavy atom. The number of amides is 1. The molecule has 0 saturated heterocycles. The minimum Gasteiger partial charge on any atom is -0.497 e. The van der Waals surface area contributed by atoms with Gasteiger partial charge in [0.25, 0.3) is 0 Å². The number of rotatable bonds is 7. The van der Waals surface area contributed by atoms with Gasteiger partial charge in [-0.2, -0.15) is 0 Å². The van der Waals surface area contributed by atoms with Crippen molar-refractivity contribution >= 4 is 29.1 Å². The van der Waals surface area contributed by atoms with Crippen LogP contribution < -0.4 is 19.5 Å². The number of nitrogens with one attached hydrogen (secondary N) is 1. The number of anilines is 1. The lowest BCUT2D eigenvalue weighted by atomic mass is 10.1. The second-order valence-corrected chi connectivity index (χ2v) is 7.37. The van der Waals surface area contributed by atoms with Gasteiger partial charge < -0.3 is 19.5 Å². The molecule has 9 heteroatoms. The molecule has 0 aliphatic carbocycles. The fraction of sp³-hybridized carbons (Fsp3) is 0.190. The number of Topliss-reactive ketones (excluding diaryl/α,β-unsaturated/α-hetero) is 1. The summed E-state index contributed by atoms with van der Waals surface area (Å²) < 4.78 is 17.8. The maximum absolute atomic E-state index is 12.6. The number of carbonyl (C=O) groups is 2. The lowest BCUT2D eigenvalue weighted by molar-refractivity contribution is -0.113. The molecule has 3 aromatic rings. The van der Waals surface area contributed by atoms with Crippen LogP contribution in [0.3, 0.4) is 0 Å². The molecule has 4 rings (SSSR count). The molecule has 1 amide bonds. The number of thioether (sulfide) groups is 1. The monoisotopic (exact) mass is 425 g/mol. The Hall–Kier alpha value is -3.46. The van der Waals surface area contributed by atoms with Crippen molar-refractivity contribution in [2.75, 3.05) is 25.0 Å². The summed E-state index contributed by atoms with van der Waals surface area (Å²) >= 11 is 1.29. The van der Waals surface area contributed by atoms with Crippen LogP contribution in [0.4, 0.5) is 5.69 Å². The van der Waals surface area contributed by atoms with Crippen LogP contribution in [0.15, 0.2) is 53.9 Å². The number of hydrogen-bond donors (Lipinski definition) is 1. The molecule has 0 unspecified atom stereocenters.